The number of anilines is 3. The second kappa shape index (κ2) is 5.98. The molecule has 0 aliphatic carbocycles. The van der Waals surface area contributed by atoms with Crippen LogP contribution in [0.4, 0.5) is 17.6 Å². The quantitative estimate of drug-likeness (QED) is 0.657. The number of halogens is 1. The summed E-state index contributed by atoms with van der Waals surface area (Å²) in [5.74, 6) is 0.604. The molecule has 9 heteroatoms. The predicted octanol–water partition coefficient (Wildman–Crippen LogP) is 2.10. The minimum Gasteiger partial charge on any atom is -0.389 e. The van der Waals surface area contributed by atoms with E-state index >= 15 is 0 Å². The topological polar surface area (TPSA) is 100 Å². The second-order valence-electron chi connectivity index (χ2n) is 5.66. The van der Waals surface area contributed by atoms with Crippen molar-refractivity contribution in [3.63, 3.8) is 0 Å². The van der Waals surface area contributed by atoms with Crippen molar-refractivity contribution >= 4 is 34.7 Å². The highest BCUT2D eigenvalue weighted by Gasteiger charge is 2.13. The van der Waals surface area contributed by atoms with Crippen LogP contribution >= 0.6 is 11.6 Å². The highest BCUT2D eigenvalue weighted by molar-refractivity contribution is 6.28. The van der Waals surface area contributed by atoms with E-state index in [1.807, 2.05) is 24.4 Å². The Morgan fingerprint density at radius 2 is 2.00 bits per heavy atom. The maximum absolute atomic E-state index is 9.74. The Bertz CT molecular complexity index is 827. The van der Waals surface area contributed by atoms with Gasteiger partial charge in [0.1, 0.15) is 0 Å². The smallest absolute Gasteiger partial charge is 0.233 e. The highest BCUT2D eigenvalue weighted by Crippen LogP contribution is 2.17. The molecule has 0 saturated carbocycles. The zero-order valence-electron chi connectivity index (χ0n) is 12.7. The molecular formula is C14H16ClN7O. The van der Waals surface area contributed by atoms with Gasteiger partial charge in [0.2, 0.25) is 17.2 Å². The van der Waals surface area contributed by atoms with E-state index in [1.165, 1.54) is 0 Å². The first-order valence-corrected chi connectivity index (χ1v) is 7.35. The number of nitrogens with zero attached hydrogens (tertiary/aromatic N) is 5. The molecule has 8 nitrogen and oxygen atoms in total. The third kappa shape index (κ3) is 4.05. The Kier molecular flexibility index (Phi) is 4.01. The van der Waals surface area contributed by atoms with Crippen LogP contribution in [-0.4, -0.2) is 41.8 Å². The molecule has 3 heterocycles. The summed E-state index contributed by atoms with van der Waals surface area (Å²) in [5, 5.41) is 19.9. The molecule has 3 rings (SSSR count). The van der Waals surface area contributed by atoms with Crippen LogP contribution in [0.5, 0.6) is 0 Å². The number of aromatic nitrogens is 5. The van der Waals surface area contributed by atoms with Gasteiger partial charge in [-0.05, 0) is 43.6 Å². The third-order valence-electron chi connectivity index (χ3n) is 2.94. The van der Waals surface area contributed by atoms with Gasteiger partial charge in [0.05, 0.1) is 11.1 Å². The summed E-state index contributed by atoms with van der Waals surface area (Å²) in [4.78, 5) is 12.3. The summed E-state index contributed by atoms with van der Waals surface area (Å²) in [7, 11) is 0. The highest BCUT2D eigenvalue weighted by atomic mass is 35.5. The van der Waals surface area contributed by atoms with E-state index < -0.39 is 5.60 Å². The van der Waals surface area contributed by atoms with Crippen molar-refractivity contribution in [2.45, 2.75) is 19.4 Å². The fourth-order valence-corrected chi connectivity index (χ4v) is 2.07. The van der Waals surface area contributed by atoms with Gasteiger partial charge >= 0.3 is 0 Å². The Balaban J connectivity index is 1.80. The summed E-state index contributed by atoms with van der Waals surface area (Å²) in [5.41, 5.74) is 0.851. The molecule has 3 aromatic heterocycles. The summed E-state index contributed by atoms with van der Waals surface area (Å²) >= 11 is 5.93. The lowest BCUT2D eigenvalue weighted by Gasteiger charge is -2.17. The van der Waals surface area contributed by atoms with Gasteiger partial charge in [0, 0.05) is 24.6 Å². The molecular weight excluding hydrogens is 318 g/mol. The summed E-state index contributed by atoms with van der Waals surface area (Å²) in [6.45, 7) is 3.65. The number of nitrogens with one attached hydrogen (secondary N) is 2. The number of aliphatic hydroxyl groups is 1. The molecule has 0 unspecified atom stereocenters. The van der Waals surface area contributed by atoms with Gasteiger partial charge in [0.25, 0.3) is 0 Å². The van der Waals surface area contributed by atoms with Gasteiger partial charge in [0.15, 0.2) is 0 Å². The minimum absolute atomic E-state index is 0.0613. The van der Waals surface area contributed by atoms with E-state index in [4.69, 9.17) is 11.6 Å². The Morgan fingerprint density at radius 3 is 2.78 bits per heavy atom. The maximum Gasteiger partial charge on any atom is 0.233 e. The summed E-state index contributed by atoms with van der Waals surface area (Å²) in [6.07, 6.45) is 3.55. The lowest BCUT2D eigenvalue weighted by molar-refractivity contribution is 0.0943. The fourth-order valence-electron chi connectivity index (χ4n) is 1.91. The number of fused-ring (bicyclic) bond motifs is 1. The normalized spacial score (nSPS) is 11.7. The molecule has 0 bridgehead atoms. The molecule has 0 aliphatic heterocycles. The largest absolute Gasteiger partial charge is 0.389 e. The monoisotopic (exact) mass is 333 g/mol. The molecule has 3 aromatic rings. The number of hydrogen-bond acceptors (Lipinski definition) is 7. The van der Waals surface area contributed by atoms with E-state index in [-0.39, 0.29) is 11.8 Å². The Morgan fingerprint density at radius 1 is 1.22 bits per heavy atom. The number of rotatable bonds is 5. The first kappa shape index (κ1) is 15.4. The second-order valence-corrected chi connectivity index (χ2v) is 6.00. The molecule has 0 amide bonds. The first-order chi connectivity index (χ1) is 10.9. The van der Waals surface area contributed by atoms with Crippen LogP contribution in [0.1, 0.15) is 13.8 Å². The van der Waals surface area contributed by atoms with E-state index in [0.717, 1.165) is 11.2 Å². The van der Waals surface area contributed by atoms with Gasteiger partial charge < -0.3 is 15.7 Å². The molecule has 0 spiro atoms. The SMILES string of the molecule is CC(C)(O)CNc1nc(Cl)nc(Nc2ccn3nccc3c2)n1. The molecule has 23 heavy (non-hydrogen) atoms. The zero-order valence-corrected chi connectivity index (χ0v) is 13.4. The average molecular weight is 334 g/mol. The van der Waals surface area contributed by atoms with E-state index in [2.05, 4.69) is 30.7 Å². The van der Waals surface area contributed by atoms with Crippen LogP contribution in [0.3, 0.4) is 0 Å². The molecule has 120 valence electrons. The van der Waals surface area contributed by atoms with Crippen molar-refractivity contribution in [2.24, 2.45) is 0 Å². The molecule has 0 aliphatic rings. The van der Waals surface area contributed by atoms with Crippen molar-refractivity contribution in [2.75, 3.05) is 17.2 Å². The van der Waals surface area contributed by atoms with Gasteiger partial charge in [-0.2, -0.15) is 20.1 Å². The predicted molar refractivity (Wildman–Crippen MR) is 88.1 cm³/mol. The Labute approximate surface area is 137 Å². The van der Waals surface area contributed by atoms with Crippen LogP contribution in [0.2, 0.25) is 5.28 Å². The average Bonchev–Trinajstić information content (AvgIpc) is 2.91. The lowest BCUT2D eigenvalue weighted by Crippen LogP contribution is -2.30. The number of hydrogen-bond donors (Lipinski definition) is 3. The van der Waals surface area contributed by atoms with E-state index in [0.29, 0.717) is 11.9 Å². The minimum atomic E-state index is -0.889. The molecule has 0 fully saturated rings. The van der Waals surface area contributed by atoms with Crippen LogP contribution < -0.4 is 10.6 Å². The van der Waals surface area contributed by atoms with Crippen LogP contribution in [0, 0.1) is 0 Å². The summed E-state index contributed by atoms with van der Waals surface area (Å²) in [6, 6.07) is 5.65. The van der Waals surface area contributed by atoms with Crippen molar-refractivity contribution in [3.8, 4) is 0 Å². The summed E-state index contributed by atoms with van der Waals surface area (Å²) < 4.78 is 1.75. The molecule has 0 radical (unpaired) electrons. The molecule has 0 atom stereocenters. The lowest BCUT2D eigenvalue weighted by atomic mass is 10.1. The maximum atomic E-state index is 9.74. The zero-order chi connectivity index (χ0) is 16.4. The molecule has 0 saturated heterocycles. The van der Waals surface area contributed by atoms with E-state index in [9.17, 15) is 5.11 Å². The van der Waals surface area contributed by atoms with Crippen LogP contribution in [0.15, 0.2) is 30.6 Å². The van der Waals surface area contributed by atoms with Gasteiger partial charge in [-0.1, -0.05) is 0 Å². The first-order valence-electron chi connectivity index (χ1n) is 6.97. The van der Waals surface area contributed by atoms with Crippen molar-refractivity contribution in [1.29, 1.82) is 0 Å². The standard InChI is InChI=1S/C14H16ClN7O/c1-14(2,23)8-16-12-19-11(15)20-13(21-12)18-9-4-6-22-10(7-9)3-5-17-22/h3-7,23H,8H2,1-2H3,(H2,16,18,19,20,21). The van der Waals surface area contributed by atoms with Gasteiger partial charge in [-0.3, -0.25) is 0 Å². The van der Waals surface area contributed by atoms with E-state index in [1.54, 1.807) is 24.6 Å². The van der Waals surface area contributed by atoms with Crippen molar-refractivity contribution in [1.82, 2.24) is 24.6 Å². The van der Waals surface area contributed by atoms with Gasteiger partial charge in [-0.25, -0.2) is 4.52 Å². The van der Waals surface area contributed by atoms with Gasteiger partial charge in [-0.15, -0.1) is 0 Å². The third-order valence-corrected chi connectivity index (χ3v) is 3.11. The number of pyridine rings is 1. The van der Waals surface area contributed by atoms with Crippen molar-refractivity contribution < 1.29 is 5.11 Å². The van der Waals surface area contributed by atoms with Crippen LogP contribution in [-0.2, 0) is 0 Å². The fraction of sp³-hybridized carbons (Fsp3) is 0.286. The van der Waals surface area contributed by atoms with Crippen molar-refractivity contribution in [3.05, 3.63) is 35.9 Å². The molecule has 3 N–H and O–H groups in total. The molecule has 0 aromatic carbocycles. The Hall–Kier alpha value is -2.45. The van der Waals surface area contributed by atoms with Crippen LogP contribution in [0.25, 0.3) is 5.52 Å².